The maximum absolute atomic E-state index is 12.0. The van der Waals surface area contributed by atoms with E-state index in [0.29, 0.717) is 23.9 Å². The molecule has 5 nitrogen and oxygen atoms in total. The van der Waals surface area contributed by atoms with Crippen molar-refractivity contribution >= 4 is 16.9 Å². The summed E-state index contributed by atoms with van der Waals surface area (Å²) in [4.78, 5) is 26.4. The van der Waals surface area contributed by atoms with E-state index in [1.807, 2.05) is 6.07 Å². The molecule has 0 amide bonds. The lowest BCUT2D eigenvalue weighted by atomic mass is 10.2. The highest BCUT2D eigenvalue weighted by molar-refractivity contribution is 5.76. The zero-order valence-corrected chi connectivity index (χ0v) is 9.13. The van der Waals surface area contributed by atoms with Gasteiger partial charge < -0.3 is 9.90 Å². The summed E-state index contributed by atoms with van der Waals surface area (Å²) < 4.78 is 1.42. The lowest BCUT2D eigenvalue weighted by molar-refractivity contribution is -0.305. The van der Waals surface area contributed by atoms with Crippen LogP contribution in [-0.2, 0) is 11.3 Å². The number of aliphatic carboxylic acids is 1. The van der Waals surface area contributed by atoms with Gasteiger partial charge in [0.15, 0.2) is 0 Å². The van der Waals surface area contributed by atoms with E-state index in [1.54, 1.807) is 18.2 Å². The second kappa shape index (κ2) is 4.78. The number of benzene rings is 1. The van der Waals surface area contributed by atoms with E-state index in [0.717, 1.165) is 0 Å². The maximum atomic E-state index is 12.0. The van der Waals surface area contributed by atoms with Crippen LogP contribution in [0.4, 0.5) is 0 Å². The molecule has 0 atom stereocenters. The van der Waals surface area contributed by atoms with Crippen LogP contribution in [0, 0.1) is 0 Å². The summed E-state index contributed by atoms with van der Waals surface area (Å²) in [6, 6.07) is 7.06. The fraction of sp³-hybridized carbons (Fsp3) is 0.250. The van der Waals surface area contributed by atoms with Crippen LogP contribution in [0.2, 0.25) is 0 Å². The Morgan fingerprint density at radius 2 is 2.12 bits per heavy atom. The van der Waals surface area contributed by atoms with Crippen molar-refractivity contribution in [3.63, 3.8) is 0 Å². The topological polar surface area (TPSA) is 75.0 Å². The quantitative estimate of drug-likeness (QED) is 0.738. The number of nitrogens with zero attached hydrogens (tertiary/aromatic N) is 2. The van der Waals surface area contributed by atoms with E-state index >= 15 is 0 Å². The lowest BCUT2D eigenvalue weighted by Gasteiger charge is -2.06. The van der Waals surface area contributed by atoms with Crippen molar-refractivity contribution in [1.29, 1.82) is 0 Å². The molecule has 0 radical (unpaired) electrons. The third-order valence-electron chi connectivity index (χ3n) is 2.51. The molecule has 5 heteroatoms. The van der Waals surface area contributed by atoms with Gasteiger partial charge in [0.1, 0.15) is 0 Å². The number of carboxylic acid groups (broad SMARTS) is 1. The highest BCUT2D eigenvalue weighted by atomic mass is 16.4. The number of aryl methyl sites for hydroxylation is 1. The van der Waals surface area contributed by atoms with Gasteiger partial charge in [0.05, 0.1) is 17.2 Å². The molecule has 0 aliphatic heterocycles. The molecule has 1 aromatic carbocycles. The van der Waals surface area contributed by atoms with Crippen LogP contribution >= 0.6 is 0 Å². The number of rotatable bonds is 4. The summed E-state index contributed by atoms with van der Waals surface area (Å²) in [5, 5.41) is 10.8. The normalized spacial score (nSPS) is 10.6. The Labute approximate surface area is 97.3 Å². The zero-order chi connectivity index (χ0) is 12.3. The van der Waals surface area contributed by atoms with Gasteiger partial charge in [-0.2, -0.15) is 0 Å². The van der Waals surface area contributed by atoms with E-state index in [-0.39, 0.29) is 12.0 Å². The zero-order valence-electron chi connectivity index (χ0n) is 9.13. The molecule has 17 heavy (non-hydrogen) atoms. The molecule has 0 aliphatic rings. The van der Waals surface area contributed by atoms with Gasteiger partial charge in [0, 0.05) is 12.5 Å². The third-order valence-corrected chi connectivity index (χ3v) is 2.51. The average molecular weight is 231 g/mol. The number of hydrogen-bond acceptors (Lipinski definition) is 4. The Balaban J connectivity index is 2.27. The fourth-order valence-electron chi connectivity index (χ4n) is 1.66. The molecule has 2 aromatic rings. The predicted octanol–water partition coefficient (Wildman–Crippen LogP) is -0.0734. The Morgan fingerprint density at radius 3 is 2.88 bits per heavy atom. The summed E-state index contributed by atoms with van der Waals surface area (Å²) in [5.74, 6) is -1.10. The molecule has 0 saturated carbocycles. The van der Waals surface area contributed by atoms with Crippen molar-refractivity contribution < 1.29 is 9.90 Å². The van der Waals surface area contributed by atoms with Crippen molar-refractivity contribution in [2.45, 2.75) is 19.4 Å². The number of carboxylic acids is 1. The first-order valence-corrected chi connectivity index (χ1v) is 5.32. The van der Waals surface area contributed by atoms with Crippen molar-refractivity contribution in [1.82, 2.24) is 9.55 Å². The van der Waals surface area contributed by atoms with Gasteiger partial charge in [0.25, 0.3) is 5.56 Å². The third kappa shape index (κ3) is 2.50. The number of hydrogen-bond donors (Lipinski definition) is 0. The van der Waals surface area contributed by atoms with Gasteiger partial charge >= 0.3 is 0 Å². The van der Waals surface area contributed by atoms with E-state index in [2.05, 4.69) is 4.98 Å². The Hall–Kier alpha value is -2.17. The number of carbonyl (C=O) groups excluding carboxylic acids is 1. The summed E-state index contributed by atoms with van der Waals surface area (Å²) >= 11 is 0. The minimum atomic E-state index is -1.10. The summed E-state index contributed by atoms with van der Waals surface area (Å²) in [6.07, 6.45) is 1.75. The molecule has 0 bridgehead atoms. The highest BCUT2D eigenvalue weighted by Gasteiger charge is 2.02. The second-order valence-corrected chi connectivity index (χ2v) is 3.74. The SMILES string of the molecule is O=C([O-])CCCn1cnc2ccccc2c1=O. The molecule has 0 unspecified atom stereocenters. The van der Waals surface area contributed by atoms with Gasteiger partial charge in [-0.05, 0) is 25.0 Å². The minimum absolute atomic E-state index is 0.0563. The van der Waals surface area contributed by atoms with Gasteiger partial charge in [-0.15, -0.1) is 0 Å². The molecule has 0 N–H and O–H groups in total. The van der Waals surface area contributed by atoms with E-state index in [9.17, 15) is 14.7 Å². The maximum Gasteiger partial charge on any atom is 0.261 e. The smallest absolute Gasteiger partial charge is 0.261 e. The van der Waals surface area contributed by atoms with Crippen LogP contribution in [0.3, 0.4) is 0 Å². The highest BCUT2D eigenvalue weighted by Crippen LogP contribution is 2.04. The van der Waals surface area contributed by atoms with Crippen molar-refractivity contribution in [2.75, 3.05) is 0 Å². The van der Waals surface area contributed by atoms with Gasteiger partial charge in [0.2, 0.25) is 0 Å². The van der Waals surface area contributed by atoms with Crippen LogP contribution in [0.1, 0.15) is 12.8 Å². The first-order chi connectivity index (χ1) is 8.18. The first kappa shape index (κ1) is 11.3. The van der Waals surface area contributed by atoms with Crippen LogP contribution < -0.4 is 10.7 Å². The molecule has 1 heterocycles. The number of aromatic nitrogens is 2. The van der Waals surface area contributed by atoms with E-state index in [1.165, 1.54) is 10.9 Å². The van der Waals surface area contributed by atoms with Crippen LogP contribution in [0.5, 0.6) is 0 Å². The van der Waals surface area contributed by atoms with Crippen LogP contribution in [-0.4, -0.2) is 15.5 Å². The molecule has 2 rings (SSSR count). The van der Waals surface area contributed by atoms with Crippen molar-refractivity contribution in [3.8, 4) is 0 Å². The van der Waals surface area contributed by atoms with Crippen LogP contribution in [0.25, 0.3) is 10.9 Å². The molecule has 1 aromatic heterocycles. The molecule has 0 saturated heterocycles. The Morgan fingerprint density at radius 1 is 1.35 bits per heavy atom. The second-order valence-electron chi connectivity index (χ2n) is 3.74. The van der Waals surface area contributed by atoms with Gasteiger partial charge in [-0.25, -0.2) is 4.98 Å². The summed E-state index contributed by atoms with van der Waals surface area (Å²) in [7, 11) is 0. The largest absolute Gasteiger partial charge is 0.550 e. The summed E-state index contributed by atoms with van der Waals surface area (Å²) in [5.41, 5.74) is 0.502. The predicted molar refractivity (Wildman–Crippen MR) is 60.2 cm³/mol. The molecule has 88 valence electrons. The minimum Gasteiger partial charge on any atom is -0.550 e. The van der Waals surface area contributed by atoms with Crippen LogP contribution in [0.15, 0.2) is 35.4 Å². The lowest BCUT2D eigenvalue weighted by Crippen LogP contribution is -2.24. The van der Waals surface area contributed by atoms with Gasteiger partial charge in [-0.1, -0.05) is 12.1 Å². The molecule has 0 aliphatic carbocycles. The Bertz CT molecular complexity index is 604. The average Bonchev–Trinajstić information content (AvgIpc) is 2.32. The van der Waals surface area contributed by atoms with E-state index < -0.39 is 5.97 Å². The Kier molecular flexibility index (Phi) is 3.18. The van der Waals surface area contributed by atoms with Gasteiger partial charge in [-0.3, -0.25) is 9.36 Å². The number of para-hydroxylation sites is 1. The van der Waals surface area contributed by atoms with Crippen molar-refractivity contribution in [2.24, 2.45) is 0 Å². The fourth-order valence-corrected chi connectivity index (χ4v) is 1.66. The standard InChI is InChI=1S/C12H12N2O3/c15-11(16)6-3-7-14-8-13-10-5-2-1-4-9(10)12(14)17/h1-2,4-5,8H,3,6-7H2,(H,15,16)/p-1. The first-order valence-electron chi connectivity index (χ1n) is 5.32. The molecular weight excluding hydrogens is 220 g/mol. The molecular formula is C12H11N2O3-. The summed E-state index contributed by atoms with van der Waals surface area (Å²) in [6.45, 7) is 0.338. The number of fused-ring (bicyclic) bond motifs is 1. The number of carbonyl (C=O) groups is 1. The monoisotopic (exact) mass is 231 g/mol. The molecule has 0 spiro atoms. The van der Waals surface area contributed by atoms with E-state index in [4.69, 9.17) is 0 Å². The van der Waals surface area contributed by atoms with Crippen molar-refractivity contribution in [3.05, 3.63) is 40.9 Å². The molecule has 0 fully saturated rings.